The molecule has 6 nitrogen and oxygen atoms in total. The van der Waals surface area contributed by atoms with Gasteiger partial charge in [0.15, 0.2) is 20.7 Å². The molecular formula is C21H18ClF2N3O3S. The van der Waals surface area contributed by atoms with Crippen LogP contribution in [0, 0.1) is 11.6 Å². The van der Waals surface area contributed by atoms with Crippen molar-refractivity contribution in [1.29, 1.82) is 0 Å². The largest absolute Gasteiger partial charge is 0.352 e. The molecule has 0 bridgehead atoms. The van der Waals surface area contributed by atoms with Gasteiger partial charge in [-0.05, 0) is 29.8 Å². The van der Waals surface area contributed by atoms with Crippen molar-refractivity contribution in [2.45, 2.75) is 17.5 Å². The Balaban J connectivity index is 0.00000272. The van der Waals surface area contributed by atoms with Crippen LogP contribution in [0.5, 0.6) is 0 Å². The van der Waals surface area contributed by atoms with Crippen LogP contribution in [0.2, 0.25) is 0 Å². The van der Waals surface area contributed by atoms with Gasteiger partial charge >= 0.3 is 0 Å². The summed E-state index contributed by atoms with van der Waals surface area (Å²) in [6.07, 6.45) is 0.956. The van der Waals surface area contributed by atoms with Gasteiger partial charge in [-0.25, -0.2) is 22.2 Å². The summed E-state index contributed by atoms with van der Waals surface area (Å²) in [5, 5.41) is 4.26. The Hall–Kier alpha value is -2.88. The summed E-state index contributed by atoms with van der Waals surface area (Å²) in [6, 6.07) is 13.0. The Bertz CT molecular complexity index is 1360. The van der Waals surface area contributed by atoms with Gasteiger partial charge < -0.3 is 10.3 Å². The first kappa shape index (κ1) is 22.8. The number of aromatic nitrogens is 2. The summed E-state index contributed by atoms with van der Waals surface area (Å²) in [6.45, 7) is 0. The molecule has 0 aliphatic rings. The van der Waals surface area contributed by atoms with E-state index in [9.17, 15) is 17.2 Å². The Morgan fingerprint density at radius 3 is 2.52 bits per heavy atom. The molecule has 0 unspecified atom stereocenters. The van der Waals surface area contributed by atoms with Gasteiger partial charge in [0.2, 0.25) is 5.58 Å². The number of halogens is 3. The Morgan fingerprint density at radius 1 is 1.03 bits per heavy atom. The molecule has 4 rings (SSSR count). The fraction of sp³-hybridized carbons (Fsp3) is 0.143. The average Bonchev–Trinajstić information content (AvgIpc) is 3.14. The van der Waals surface area contributed by atoms with Crippen LogP contribution in [0.3, 0.4) is 0 Å². The van der Waals surface area contributed by atoms with Crippen LogP contribution in [0.4, 0.5) is 8.78 Å². The van der Waals surface area contributed by atoms with E-state index in [-0.39, 0.29) is 35.1 Å². The minimum Gasteiger partial charge on any atom is -0.352 e. The molecule has 0 spiro atoms. The molecule has 2 aromatic heterocycles. The molecule has 0 radical (unpaired) electrons. The van der Waals surface area contributed by atoms with Gasteiger partial charge in [-0.2, -0.15) is 0 Å². The summed E-state index contributed by atoms with van der Waals surface area (Å²) >= 11 is 0. The van der Waals surface area contributed by atoms with Crippen LogP contribution >= 0.6 is 12.4 Å². The second-order valence-corrected chi connectivity index (χ2v) is 8.86. The van der Waals surface area contributed by atoms with Crippen LogP contribution in [0.25, 0.3) is 22.2 Å². The number of fused-ring (bicyclic) bond motifs is 1. The predicted molar refractivity (Wildman–Crippen MR) is 115 cm³/mol. The maximum atomic E-state index is 14.3. The van der Waals surface area contributed by atoms with Crippen LogP contribution in [-0.4, -0.2) is 24.8 Å². The van der Waals surface area contributed by atoms with Crippen LogP contribution < -0.4 is 5.73 Å². The van der Waals surface area contributed by atoms with Crippen molar-refractivity contribution in [3.63, 3.8) is 0 Å². The van der Waals surface area contributed by atoms with Crippen molar-refractivity contribution >= 4 is 33.2 Å². The Morgan fingerprint density at radius 2 is 1.77 bits per heavy atom. The maximum absolute atomic E-state index is 14.3. The highest BCUT2D eigenvalue weighted by Crippen LogP contribution is 2.34. The first-order chi connectivity index (χ1) is 14.3. The molecule has 2 N–H and O–H groups in total. The van der Waals surface area contributed by atoms with E-state index in [1.807, 2.05) is 0 Å². The summed E-state index contributed by atoms with van der Waals surface area (Å²) in [5.41, 5.74) is 7.95. The zero-order valence-electron chi connectivity index (χ0n) is 16.2. The summed E-state index contributed by atoms with van der Waals surface area (Å²) in [5.74, 6) is -1.18. The molecule has 0 saturated carbocycles. The molecule has 0 amide bonds. The van der Waals surface area contributed by atoms with Gasteiger partial charge in [0.1, 0.15) is 11.5 Å². The van der Waals surface area contributed by atoms with Crippen molar-refractivity contribution in [2.24, 2.45) is 5.73 Å². The minimum absolute atomic E-state index is 0. The molecule has 0 fully saturated rings. The monoisotopic (exact) mass is 465 g/mol. The van der Waals surface area contributed by atoms with E-state index in [0.29, 0.717) is 22.2 Å². The number of nitrogens with zero attached hydrogens (tertiary/aromatic N) is 2. The Labute approximate surface area is 183 Å². The topological polar surface area (TPSA) is 99.1 Å². The van der Waals surface area contributed by atoms with Crippen LogP contribution in [0.1, 0.15) is 17.3 Å². The minimum atomic E-state index is -3.59. The number of para-hydroxylation sites is 1. The number of hydrogen-bond acceptors (Lipinski definition) is 6. The van der Waals surface area contributed by atoms with E-state index in [1.165, 1.54) is 6.07 Å². The molecule has 1 atom stereocenters. The number of sulfone groups is 1. The van der Waals surface area contributed by atoms with Crippen molar-refractivity contribution in [2.75, 3.05) is 6.26 Å². The van der Waals surface area contributed by atoms with Crippen molar-refractivity contribution in [1.82, 2.24) is 10.1 Å². The van der Waals surface area contributed by atoms with E-state index < -0.39 is 27.5 Å². The molecule has 2 heterocycles. The zero-order chi connectivity index (χ0) is 21.5. The van der Waals surface area contributed by atoms with E-state index in [1.54, 1.807) is 36.4 Å². The second kappa shape index (κ2) is 8.70. The fourth-order valence-electron chi connectivity index (χ4n) is 3.29. The van der Waals surface area contributed by atoms with Gasteiger partial charge in [-0.3, -0.25) is 0 Å². The van der Waals surface area contributed by atoms with Gasteiger partial charge in [-0.15, -0.1) is 12.4 Å². The highest BCUT2D eigenvalue weighted by molar-refractivity contribution is 7.90. The highest BCUT2D eigenvalue weighted by Gasteiger charge is 2.21. The van der Waals surface area contributed by atoms with E-state index >= 15 is 0 Å². The smallest absolute Gasteiger partial charge is 0.203 e. The van der Waals surface area contributed by atoms with Gasteiger partial charge in [-0.1, -0.05) is 35.5 Å². The first-order valence-electron chi connectivity index (χ1n) is 9.00. The maximum Gasteiger partial charge on any atom is 0.203 e. The fourth-order valence-corrected chi connectivity index (χ4v) is 3.88. The van der Waals surface area contributed by atoms with Crippen molar-refractivity contribution < 1.29 is 21.7 Å². The summed E-state index contributed by atoms with van der Waals surface area (Å²) in [4.78, 5) is 3.94. The van der Waals surface area contributed by atoms with Crippen molar-refractivity contribution in [3.05, 3.63) is 77.5 Å². The van der Waals surface area contributed by atoms with E-state index in [4.69, 9.17) is 10.3 Å². The third-order valence-electron chi connectivity index (χ3n) is 4.75. The van der Waals surface area contributed by atoms with Gasteiger partial charge in [0, 0.05) is 24.3 Å². The molecule has 31 heavy (non-hydrogen) atoms. The van der Waals surface area contributed by atoms with Crippen LogP contribution in [0.15, 0.2) is 64.1 Å². The zero-order valence-corrected chi connectivity index (χ0v) is 17.9. The number of nitrogens with two attached hydrogens (primary N) is 1. The quantitative estimate of drug-likeness (QED) is 0.473. The number of benzene rings is 2. The standard InChI is InChI=1S/C21H17F2N3O3S.ClH/c1-30(27,28)19-10-9-15(22)18(25-19)11-17(24)12-5-2-3-6-13(12)20-14-7-4-8-16(23)21(14)29-26-20;/h2-10,17H,11,24H2,1H3;1H/t17-;/m0./s1. The average molecular weight is 466 g/mol. The SMILES string of the molecule is CS(=O)(=O)c1ccc(F)c(C[C@H](N)c2ccccc2-c2noc3c(F)cccc23)n1.Cl. The van der Waals surface area contributed by atoms with Gasteiger partial charge in [0.25, 0.3) is 0 Å². The third-order valence-corrected chi connectivity index (χ3v) is 5.74. The molecule has 4 aromatic rings. The Kier molecular flexibility index (Phi) is 6.40. The molecule has 0 aliphatic carbocycles. The lowest BCUT2D eigenvalue weighted by Gasteiger charge is -2.16. The molecule has 0 aliphatic heterocycles. The van der Waals surface area contributed by atoms with E-state index in [2.05, 4.69) is 10.1 Å². The molecule has 162 valence electrons. The lowest BCUT2D eigenvalue weighted by molar-refractivity contribution is 0.443. The number of pyridine rings is 1. The number of hydrogen-bond donors (Lipinski definition) is 1. The summed E-state index contributed by atoms with van der Waals surface area (Å²) in [7, 11) is -3.59. The highest BCUT2D eigenvalue weighted by atomic mass is 35.5. The van der Waals surface area contributed by atoms with E-state index in [0.717, 1.165) is 18.4 Å². The summed E-state index contributed by atoms with van der Waals surface area (Å²) < 4.78 is 56.9. The normalized spacial score (nSPS) is 12.5. The predicted octanol–water partition coefficient (Wildman–Crippen LogP) is 4.24. The molecule has 10 heteroatoms. The first-order valence-corrected chi connectivity index (χ1v) is 10.9. The lowest BCUT2D eigenvalue weighted by Crippen LogP contribution is -2.17. The third kappa shape index (κ3) is 4.43. The second-order valence-electron chi connectivity index (χ2n) is 6.90. The molecule has 2 aromatic carbocycles. The lowest BCUT2D eigenvalue weighted by atomic mass is 9.94. The van der Waals surface area contributed by atoms with Crippen molar-refractivity contribution in [3.8, 4) is 11.3 Å². The molecular weight excluding hydrogens is 448 g/mol. The molecule has 0 saturated heterocycles. The van der Waals surface area contributed by atoms with Gasteiger partial charge in [0.05, 0.1) is 11.1 Å². The number of rotatable bonds is 5. The van der Waals surface area contributed by atoms with Crippen LogP contribution in [-0.2, 0) is 16.3 Å².